The highest BCUT2D eigenvalue weighted by molar-refractivity contribution is 5.94. The van der Waals surface area contributed by atoms with Gasteiger partial charge in [0.2, 0.25) is 17.7 Å². The molecule has 0 fully saturated rings. The minimum absolute atomic E-state index is 0.00531. The first kappa shape index (κ1) is 29.5. The van der Waals surface area contributed by atoms with E-state index in [0.29, 0.717) is 18.3 Å². The number of amides is 3. The Morgan fingerprint density at radius 1 is 0.971 bits per heavy atom. The maximum Gasteiger partial charge on any atom is 0.303 e. The van der Waals surface area contributed by atoms with Crippen molar-refractivity contribution in [2.24, 2.45) is 11.7 Å². The summed E-state index contributed by atoms with van der Waals surface area (Å²) in [7, 11) is 0. The quantitative estimate of drug-likeness (QED) is 0.146. The fourth-order valence-electron chi connectivity index (χ4n) is 3.19. The first-order valence-electron chi connectivity index (χ1n) is 11.2. The molecule has 1 rings (SSSR count). The molecule has 12 heteroatoms. The maximum atomic E-state index is 13.0. The minimum atomic E-state index is -1.29. The summed E-state index contributed by atoms with van der Waals surface area (Å²) in [5, 5.41) is 35.0. The highest BCUT2D eigenvalue weighted by Gasteiger charge is 2.29. The number of carboxylic acids is 1. The molecule has 0 saturated heterocycles. The Hall–Kier alpha value is -3.51. The summed E-state index contributed by atoms with van der Waals surface area (Å²) in [6, 6.07) is 1.20. The average molecular weight is 495 g/mol. The van der Waals surface area contributed by atoms with Gasteiger partial charge in [0.05, 0.1) is 12.6 Å². The normalized spacial score (nSPS) is 14.3. The Balaban J connectivity index is 3.09. The van der Waals surface area contributed by atoms with E-state index in [4.69, 9.17) is 10.8 Å². The molecular formula is C23H34N4O8. The summed E-state index contributed by atoms with van der Waals surface area (Å²) >= 11 is 0. The van der Waals surface area contributed by atoms with E-state index in [0.717, 1.165) is 0 Å². The standard InChI is InChI=1S/C23H34N4O8/c1-13(2)9-17(24)21(33)26-18(7-8-20(31)32)22(34)27-19(23(35)25-15(11-28)12-29)10-14-3-5-16(30)6-4-14/h3-6,11,13,15,17-19,29-30H,7-10,12,24H2,1-2H3,(H,25,35)(H,26,33)(H,27,34)(H,31,32)/t15-,17+,18+,19+/m1/s1. The van der Waals surface area contributed by atoms with Crippen molar-refractivity contribution in [1.29, 1.82) is 0 Å². The molecule has 0 unspecified atom stereocenters. The smallest absolute Gasteiger partial charge is 0.303 e. The van der Waals surface area contributed by atoms with Gasteiger partial charge >= 0.3 is 5.97 Å². The van der Waals surface area contributed by atoms with Gasteiger partial charge in [0.25, 0.3) is 0 Å². The number of hydrogen-bond acceptors (Lipinski definition) is 8. The summed E-state index contributed by atoms with van der Waals surface area (Å²) in [5.41, 5.74) is 6.43. The largest absolute Gasteiger partial charge is 0.508 e. The molecule has 0 aliphatic rings. The molecule has 4 atom stereocenters. The number of aldehydes is 1. The number of hydrogen-bond donors (Lipinski definition) is 7. The van der Waals surface area contributed by atoms with Crippen LogP contribution in [-0.4, -0.2) is 76.1 Å². The van der Waals surface area contributed by atoms with Crippen molar-refractivity contribution in [3.63, 3.8) is 0 Å². The number of rotatable bonds is 15. The van der Waals surface area contributed by atoms with E-state index < -0.39 is 60.9 Å². The molecular weight excluding hydrogens is 460 g/mol. The number of aliphatic hydroxyl groups excluding tert-OH is 1. The van der Waals surface area contributed by atoms with Crippen LogP contribution in [0.25, 0.3) is 0 Å². The van der Waals surface area contributed by atoms with Crippen LogP contribution in [0.1, 0.15) is 38.7 Å². The van der Waals surface area contributed by atoms with Crippen LogP contribution in [0.2, 0.25) is 0 Å². The van der Waals surface area contributed by atoms with Crippen LogP contribution < -0.4 is 21.7 Å². The van der Waals surface area contributed by atoms with E-state index in [1.807, 2.05) is 13.8 Å². The van der Waals surface area contributed by atoms with Crippen LogP contribution in [0.3, 0.4) is 0 Å². The van der Waals surface area contributed by atoms with Crippen molar-refractivity contribution in [2.45, 2.75) is 63.7 Å². The number of phenolic OH excluding ortho intramolecular Hbond substituents is 1. The second-order valence-corrected chi connectivity index (χ2v) is 8.60. The predicted molar refractivity (Wildman–Crippen MR) is 125 cm³/mol. The summed E-state index contributed by atoms with van der Waals surface area (Å²) < 4.78 is 0. The fraction of sp³-hybridized carbons (Fsp3) is 0.522. The molecule has 0 heterocycles. The molecule has 0 spiro atoms. The SMILES string of the molecule is CC(C)C[C@H](N)C(=O)N[C@@H](CCC(=O)O)C(=O)N[C@@H](Cc1ccc(O)cc1)C(=O)N[C@H](C=O)CO. The Morgan fingerprint density at radius 2 is 1.54 bits per heavy atom. The molecule has 8 N–H and O–H groups in total. The number of benzene rings is 1. The van der Waals surface area contributed by atoms with E-state index in [2.05, 4.69) is 16.0 Å². The number of aliphatic carboxylic acids is 1. The Kier molecular flexibility index (Phi) is 12.4. The second-order valence-electron chi connectivity index (χ2n) is 8.60. The predicted octanol–water partition coefficient (Wildman–Crippen LogP) is -1.18. The lowest BCUT2D eigenvalue weighted by Crippen LogP contribution is -2.57. The molecule has 0 radical (unpaired) electrons. The Morgan fingerprint density at radius 3 is 2.06 bits per heavy atom. The third-order valence-electron chi connectivity index (χ3n) is 5.04. The van der Waals surface area contributed by atoms with Crippen molar-refractivity contribution in [2.75, 3.05) is 6.61 Å². The third-order valence-corrected chi connectivity index (χ3v) is 5.04. The first-order chi connectivity index (χ1) is 16.5. The number of phenols is 1. The van der Waals surface area contributed by atoms with Gasteiger partial charge in [-0.1, -0.05) is 26.0 Å². The second kappa shape index (κ2) is 14.7. The van der Waals surface area contributed by atoms with Crippen LogP contribution in [0, 0.1) is 5.92 Å². The molecule has 0 aliphatic carbocycles. The molecule has 1 aromatic carbocycles. The maximum absolute atomic E-state index is 13.0. The zero-order chi connectivity index (χ0) is 26.5. The lowest BCUT2D eigenvalue weighted by atomic mass is 10.0. The Bertz CT molecular complexity index is 875. The molecule has 194 valence electrons. The third kappa shape index (κ3) is 11.0. The van der Waals surface area contributed by atoms with Gasteiger partial charge in [-0.05, 0) is 36.5 Å². The highest BCUT2D eigenvalue weighted by atomic mass is 16.4. The van der Waals surface area contributed by atoms with Crippen molar-refractivity contribution in [3.05, 3.63) is 29.8 Å². The van der Waals surface area contributed by atoms with Gasteiger partial charge in [0.15, 0.2) is 0 Å². The van der Waals surface area contributed by atoms with Gasteiger partial charge in [-0.25, -0.2) is 0 Å². The lowest BCUT2D eigenvalue weighted by molar-refractivity contribution is -0.138. The van der Waals surface area contributed by atoms with E-state index in [1.54, 1.807) is 0 Å². The van der Waals surface area contributed by atoms with Gasteiger partial charge in [-0.2, -0.15) is 0 Å². The number of aromatic hydroxyl groups is 1. The van der Waals surface area contributed by atoms with Crippen molar-refractivity contribution >= 4 is 30.0 Å². The molecule has 0 bridgehead atoms. The van der Waals surface area contributed by atoms with Crippen LogP contribution in [0.5, 0.6) is 5.75 Å². The minimum Gasteiger partial charge on any atom is -0.508 e. The number of carboxylic acid groups (broad SMARTS) is 1. The van der Waals surface area contributed by atoms with Crippen LogP contribution >= 0.6 is 0 Å². The summed E-state index contributed by atoms with van der Waals surface area (Å²) in [4.78, 5) is 60.4. The van der Waals surface area contributed by atoms with Crippen molar-refractivity contribution in [1.82, 2.24) is 16.0 Å². The van der Waals surface area contributed by atoms with Crippen LogP contribution in [0.15, 0.2) is 24.3 Å². The zero-order valence-corrected chi connectivity index (χ0v) is 19.8. The number of nitrogens with two attached hydrogens (primary N) is 1. The fourth-order valence-corrected chi connectivity index (χ4v) is 3.19. The van der Waals surface area contributed by atoms with Crippen LogP contribution in [-0.2, 0) is 30.4 Å². The van der Waals surface area contributed by atoms with Gasteiger partial charge in [-0.15, -0.1) is 0 Å². The first-order valence-corrected chi connectivity index (χ1v) is 11.2. The number of nitrogens with one attached hydrogen (secondary N) is 3. The summed E-state index contributed by atoms with van der Waals surface area (Å²) in [5.74, 6) is -3.31. The summed E-state index contributed by atoms with van der Waals surface area (Å²) in [6.07, 6.45) is -0.0450. The lowest BCUT2D eigenvalue weighted by Gasteiger charge is -2.25. The molecule has 35 heavy (non-hydrogen) atoms. The summed E-state index contributed by atoms with van der Waals surface area (Å²) in [6.45, 7) is 3.08. The van der Waals surface area contributed by atoms with Gasteiger partial charge in [0.1, 0.15) is 30.2 Å². The molecule has 0 aliphatic heterocycles. The van der Waals surface area contributed by atoms with Crippen LogP contribution in [0.4, 0.5) is 0 Å². The topological polar surface area (TPSA) is 208 Å². The van der Waals surface area contributed by atoms with Crippen molar-refractivity contribution < 1.29 is 39.3 Å². The molecule has 12 nitrogen and oxygen atoms in total. The molecule has 0 saturated carbocycles. The number of carbonyl (C=O) groups is 5. The van der Waals surface area contributed by atoms with Gasteiger partial charge < -0.3 is 41.8 Å². The molecule has 0 aromatic heterocycles. The van der Waals surface area contributed by atoms with Gasteiger partial charge in [-0.3, -0.25) is 19.2 Å². The van der Waals surface area contributed by atoms with E-state index in [-0.39, 0.29) is 24.5 Å². The number of aliphatic hydroxyl groups is 1. The zero-order valence-electron chi connectivity index (χ0n) is 19.8. The monoisotopic (exact) mass is 494 g/mol. The molecule has 3 amide bonds. The highest BCUT2D eigenvalue weighted by Crippen LogP contribution is 2.12. The molecule has 1 aromatic rings. The van der Waals surface area contributed by atoms with E-state index in [9.17, 15) is 34.2 Å². The van der Waals surface area contributed by atoms with E-state index >= 15 is 0 Å². The Labute approximate surface area is 203 Å². The van der Waals surface area contributed by atoms with E-state index in [1.165, 1.54) is 24.3 Å². The van der Waals surface area contributed by atoms with Gasteiger partial charge in [0, 0.05) is 12.8 Å². The number of carbonyl (C=O) groups excluding carboxylic acids is 4. The van der Waals surface area contributed by atoms with Crippen molar-refractivity contribution in [3.8, 4) is 5.75 Å². The average Bonchev–Trinajstić information content (AvgIpc) is 2.79.